The maximum absolute atomic E-state index is 12.0. The molecule has 0 aromatic rings. The van der Waals surface area contributed by atoms with Crippen molar-refractivity contribution in [2.45, 2.75) is 51.6 Å². The van der Waals surface area contributed by atoms with Crippen molar-refractivity contribution >= 4 is 5.78 Å². The van der Waals surface area contributed by atoms with E-state index in [0.29, 0.717) is 12.3 Å². The lowest BCUT2D eigenvalue weighted by Gasteiger charge is -2.37. The molecule has 0 amide bonds. The summed E-state index contributed by atoms with van der Waals surface area (Å²) < 4.78 is 5.49. The third-order valence-corrected chi connectivity index (χ3v) is 3.28. The van der Waals surface area contributed by atoms with Crippen molar-refractivity contribution < 1.29 is 9.53 Å². The minimum absolute atomic E-state index is 0.158. The Kier molecular flexibility index (Phi) is 4.35. The van der Waals surface area contributed by atoms with Gasteiger partial charge in [-0.3, -0.25) is 4.79 Å². The van der Waals surface area contributed by atoms with Crippen molar-refractivity contribution in [2.75, 3.05) is 7.11 Å². The first kappa shape index (κ1) is 12.3. The largest absolute Gasteiger partial charge is 0.370 e. The van der Waals surface area contributed by atoms with Crippen LogP contribution in [0.1, 0.15) is 46.0 Å². The number of hydrogen-bond acceptors (Lipinski definition) is 2. The average Bonchev–Trinajstić information content (AvgIpc) is 2.25. The molecule has 1 saturated carbocycles. The summed E-state index contributed by atoms with van der Waals surface area (Å²) in [4.78, 5) is 12.0. The third-order valence-electron chi connectivity index (χ3n) is 3.28. The Bertz CT molecular complexity index is 285. The van der Waals surface area contributed by atoms with Crippen molar-refractivity contribution in [1.82, 2.24) is 0 Å². The molecule has 0 aliphatic heterocycles. The van der Waals surface area contributed by atoms with E-state index in [0.717, 1.165) is 19.3 Å². The maximum Gasteiger partial charge on any atom is 0.176 e. The van der Waals surface area contributed by atoms with Crippen LogP contribution in [-0.4, -0.2) is 18.5 Å². The number of methoxy groups -OCH3 is 1. The molecule has 2 nitrogen and oxygen atoms in total. The fourth-order valence-electron chi connectivity index (χ4n) is 2.39. The molecule has 0 bridgehead atoms. The van der Waals surface area contributed by atoms with Gasteiger partial charge >= 0.3 is 0 Å². The molecule has 15 heavy (non-hydrogen) atoms. The minimum Gasteiger partial charge on any atom is -0.370 e. The summed E-state index contributed by atoms with van der Waals surface area (Å²) in [5, 5.41) is 0. The van der Waals surface area contributed by atoms with E-state index in [-0.39, 0.29) is 5.78 Å². The zero-order chi connectivity index (χ0) is 11.3. The van der Waals surface area contributed by atoms with Gasteiger partial charge in [0.1, 0.15) is 5.60 Å². The topological polar surface area (TPSA) is 26.3 Å². The molecule has 2 atom stereocenters. The van der Waals surface area contributed by atoms with Crippen LogP contribution in [0.2, 0.25) is 0 Å². The lowest BCUT2D eigenvalue weighted by molar-refractivity contribution is -0.145. The highest BCUT2D eigenvalue weighted by Gasteiger charge is 2.40. The highest BCUT2D eigenvalue weighted by atomic mass is 16.5. The number of rotatable bonds is 3. The molecule has 2 unspecified atom stereocenters. The van der Waals surface area contributed by atoms with Crippen LogP contribution >= 0.6 is 0 Å². The molecule has 2 heteroatoms. The van der Waals surface area contributed by atoms with E-state index in [4.69, 9.17) is 4.74 Å². The second kappa shape index (κ2) is 5.32. The van der Waals surface area contributed by atoms with Gasteiger partial charge < -0.3 is 4.74 Å². The Balaban J connectivity index is 2.72. The molecule has 0 heterocycles. The second-order valence-corrected chi connectivity index (χ2v) is 4.43. The number of Topliss-reactive ketones (excluding diaryl/α,β-unsaturated/α-hetero) is 1. The molecule has 0 N–H and O–H groups in total. The maximum atomic E-state index is 12.0. The first-order chi connectivity index (χ1) is 7.14. The molecule has 1 rings (SSSR count). The minimum atomic E-state index is -0.540. The van der Waals surface area contributed by atoms with Crippen molar-refractivity contribution in [2.24, 2.45) is 5.92 Å². The van der Waals surface area contributed by atoms with Crippen molar-refractivity contribution in [3.05, 3.63) is 0 Å². The summed E-state index contributed by atoms with van der Waals surface area (Å²) in [5.74, 6) is 6.34. The Hall–Kier alpha value is -0.810. The number of ketones is 1. The number of hydrogen-bond donors (Lipinski definition) is 0. The van der Waals surface area contributed by atoms with Crippen LogP contribution in [0.4, 0.5) is 0 Å². The standard InChI is InChI=1S/C13H20O2/c1-4-5-8-12(14)13(15-3)9-6-7-11(2)10-13/h11H,6-10H2,1-3H3. The summed E-state index contributed by atoms with van der Waals surface area (Å²) in [5.41, 5.74) is -0.540. The zero-order valence-electron chi connectivity index (χ0n) is 9.93. The zero-order valence-corrected chi connectivity index (χ0v) is 9.93. The Morgan fingerprint density at radius 3 is 2.87 bits per heavy atom. The van der Waals surface area contributed by atoms with Crippen molar-refractivity contribution in [3.63, 3.8) is 0 Å². The molecular formula is C13H20O2. The van der Waals surface area contributed by atoms with Crippen LogP contribution in [0, 0.1) is 17.8 Å². The van der Waals surface area contributed by atoms with Gasteiger partial charge in [-0.05, 0) is 32.1 Å². The van der Waals surface area contributed by atoms with Crippen LogP contribution in [-0.2, 0) is 9.53 Å². The summed E-state index contributed by atoms with van der Waals surface area (Å²) in [6.07, 6.45) is 4.33. The average molecular weight is 208 g/mol. The summed E-state index contributed by atoms with van der Waals surface area (Å²) >= 11 is 0. The van der Waals surface area contributed by atoms with Gasteiger partial charge in [0.2, 0.25) is 0 Å². The lowest BCUT2D eigenvalue weighted by atomic mass is 9.75. The summed E-state index contributed by atoms with van der Waals surface area (Å²) in [6, 6.07) is 0. The quantitative estimate of drug-likeness (QED) is 0.666. The first-order valence-electron chi connectivity index (χ1n) is 5.62. The third kappa shape index (κ3) is 2.82. The SMILES string of the molecule is CC#CCC(=O)C1(OC)CCCC(C)C1. The van der Waals surface area contributed by atoms with E-state index >= 15 is 0 Å². The Morgan fingerprint density at radius 1 is 1.60 bits per heavy atom. The Labute approximate surface area is 92.4 Å². The van der Waals surface area contributed by atoms with Crippen LogP contribution < -0.4 is 0 Å². The van der Waals surface area contributed by atoms with Gasteiger partial charge in [0.05, 0.1) is 6.42 Å². The van der Waals surface area contributed by atoms with Crippen LogP contribution in [0.15, 0.2) is 0 Å². The van der Waals surface area contributed by atoms with E-state index < -0.39 is 5.60 Å². The predicted molar refractivity (Wildman–Crippen MR) is 60.4 cm³/mol. The second-order valence-electron chi connectivity index (χ2n) is 4.43. The van der Waals surface area contributed by atoms with E-state index in [2.05, 4.69) is 18.8 Å². The van der Waals surface area contributed by atoms with Gasteiger partial charge in [-0.1, -0.05) is 19.3 Å². The fraction of sp³-hybridized carbons (Fsp3) is 0.769. The van der Waals surface area contributed by atoms with E-state index in [1.807, 2.05) is 0 Å². The smallest absolute Gasteiger partial charge is 0.176 e. The van der Waals surface area contributed by atoms with Crippen LogP contribution in [0.3, 0.4) is 0 Å². The van der Waals surface area contributed by atoms with Gasteiger partial charge in [-0.15, -0.1) is 5.92 Å². The van der Waals surface area contributed by atoms with Gasteiger partial charge in [-0.25, -0.2) is 0 Å². The number of ether oxygens (including phenoxy) is 1. The van der Waals surface area contributed by atoms with Crippen LogP contribution in [0.25, 0.3) is 0 Å². The normalized spacial score (nSPS) is 30.5. The molecule has 1 fully saturated rings. The molecule has 0 radical (unpaired) electrons. The van der Waals surface area contributed by atoms with Gasteiger partial charge in [0.25, 0.3) is 0 Å². The highest BCUT2D eigenvalue weighted by molar-refractivity contribution is 5.89. The van der Waals surface area contributed by atoms with Crippen LogP contribution in [0.5, 0.6) is 0 Å². The molecule has 1 aliphatic carbocycles. The predicted octanol–water partition coefficient (Wildman–Crippen LogP) is 2.56. The van der Waals surface area contributed by atoms with Crippen molar-refractivity contribution in [3.8, 4) is 11.8 Å². The highest BCUT2D eigenvalue weighted by Crippen LogP contribution is 2.36. The molecule has 0 aromatic heterocycles. The van der Waals surface area contributed by atoms with E-state index in [1.54, 1.807) is 14.0 Å². The van der Waals surface area contributed by atoms with E-state index in [1.165, 1.54) is 6.42 Å². The fourth-order valence-corrected chi connectivity index (χ4v) is 2.39. The van der Waals surface area contributed by atoms with Gasteiger partial charge in [-0.2, -0.15) is 0 Å². The van der Waals surface area contributed by atoms with Gasteiger partial charge in [0, 0.05) is 7.11 Å². The van der Waals surface area contributed by atoms with Gasteiger partial charge in [0.15, 0.2) is 5.78 Å². The molecule has 0 spiro atoms. The molecular weight excluding hydrogens is 188 g/mol. The molecule has 1 aliphatic rings. The number of carbonyl (C=O) groups excluding carboxylic acids is 1. The molecule has 0 aromatic carbocycles. The number of carbonyl (C=O) groups is 1. The molecule has 0 saturated heterocycles. The van der Waals surface area contributed by atoms with E-state index in [9.17, 15) is 4.79 Å². The summed E-state index contributed by atoms with van der Waals surface area (Å²) in [7, 11) is 1.65. The summed E-state index contributed by atoms with van der Waals surface area (Å²) in [6.45, 7) is 3.95. The Morgan fingerprint density at radius 2 is 2.33 bits per heavy atom. The first-order valence-corrected chi connectivity index (χ1v) is 5.62. The van der Waals surface area contributed by atoms with Crippen molar-refractivity contribution in [1.29, 1.82) is 0 Å². The molecule has 84 valence electrons. The monoisotopic (exact) mass is 208 g/mol. The lowest BCUT2D eigenvalue weighted by Crippen LogP contribution is -2.44.